The van der Waals surface area contributed by atoms with E-state index in [-0.39, 0.29) is 5.56 Å². The molecule has 2 N–H and O–H groups in total. The van der Waals surface area contributed by atoms with Gasteiger partial charge in [0, 0.05) is 11.9 Å². The number of anilines is 2. The molecule has 4 heteroatoms. The number of para-hydroxylation sites is 1. The van der Waals surface area contributed by atoms with E-state index in [1.807, 2.05) is 32.0 Å². The topological polar surface area (TPSA) is 62.2 Å². The third-order valence-electron chi connectivity index (χ3n) is 2.74. The van der Waals surface area contributed by atoms with Gasteiger partial charge in [-0.25, -0.2) is 4.79 Å². The molecule has 1 aromatic heterocycles. The van der Waals surface area contributed by atoms with Crippen molar-refractivity contribution >= 4 is 17.3 Å². The van der Waals surface area contributed by atoms with Gasteiger partial charge in [-0.15, -0.1) is 0 Å². The van der Waals surface area contributed by atoms with Crippen molar-refractivity contribution in [2.75, 3.05) is 5.32 Å². The molecule has 0 unspecified atom stereocenters. The molecule has 0 radical (unpaired) electrons. The Morgan fingerprint density at radius 2 is 1.89 bits per heavy atom. The molecule has 92 valence electrons. The molecule has 0 bridgehead atoms. The number of nitrogens with one attached hydrogen (secondary N) is 1. The lowest BCUT2D eigenvalue weighted by Crippen LogP contribution is -2.01. The zero-order valence-corrected chi connectivity index (χ0v) is 10.3. The van der Waals surface area contributed by atoms with Crippen molar-refractivity contribution in [1.82, 2.24) is 4.98 Å². The number of aryl methyl sites for hydroxylation is 2. The molecular formula is C14H14N2O2. The molecule has 0 fully saturated rings. The van der Waals surface area contributed by atoms with Crippen LogP contribution in [0.1, 0.15) is 21.5 Å². The zero-order chi connectivity index (χ0) is 13.1. The van der Waals surface area contributed by atoms with Crippen molar-refractivity contribution in [1.29, 1.82) is 0 Å². The van der Waals surface area contributed by atoms with Gasteiger partial charge in [-0.2, -0.15) is 0 Å². The minimum absolute atomic E-state index is 0.172. The number of aromatic nitrogens is 1. The predicted molar refractivity (Wildman–Crippen MR) is 70.4 cm³/mol. The third kappa shape index (κ3) is 2.48. The number of carboxylic acids is 1. The van der Waals surface area contributed by atoms with Gasteiger partial charge in [0.2, 0.25) is 0 Å². The Labute approximate surface area is 105 Å². The van der Waals surface area contributed by atoms with Crippen LogP contribution in [0.25, 0.3) is 0 Å². The van der Waals surface area contributed by atoms with E-state index >= 15 is 0 Å². The van der Waals surface area contributed by atoms with Crippen LogP contribution in [-0.2, 0) is 0 Å². The average Bonchev–Trinajstić information content (AvgIpc) is 2.34. The smallest absolute Gasteiger partial charge is 0.337 e. The van der Waals surface area contributed by atoms with Gasteiger partial charge >= 0.3 is 5.97 Å². The maximum absolute atomic E-state index is 10.9. The first-order valence-corrected chi connectivity index (χ1v) is 5.59. The number of carboxylic acid groups (broad SMARTS) is 1. The molecule has 0 spiro atoms. The van der Waals surface area contributed by atoms with Crippen LogP contribution in [0.4, 0.5) is 11.4 Å². The van der Waals surface area contributed by atoms with Gasteiger partial charge in [0.05, 0.1) is 17.4 Å². The van der Waals surface area contributed by atoms with Crippen LogP contribution in [0.5, 0.6) is 0 Å². The summed E-state index contributed by atoms with van der Waals surface area (Å²) in [6.45, 7) is 4.01. The highest BCUT2D eigenvalue weighted by Gasteiger charge is 2.06. The fraction of sp³-hybridized carbons (Fsp3) is 0.143. The summed E-state index contributed by atoms with van der Waals surface area (Å²) >= 11 is 0. The van der Waals surface area contributed by atoms with Crippen LogP contribution < -0.4 is 5.32 Å². The van der Waals surface area contributed by atoms with E-state index in [0.717, 1.165) is 16.8 Å². The zero-order valence-electron chi connectivity index (χ0n) is 10.3. The van der Waals surface area contributed by atoms with Crippen LogP contribution in [0, 0.1) is 13.8 Å². The van der Waals surface area contributed by atoms with Crippen LogP contribution in [0.2, 0.25) is 0 Å². The quantitative estimate of drug-likeness (QED) is 0.868. The monoisotopic (exact) mass is 242 g/mol. The van der Waals surface area contributed by atoms with Gasteiger partial charge in [-0.3, -0.25) is 4.98 Å². The normalized spacial score (nSPS) is 10.1. The van der Waals surface area contributed by atoms with E-state index in [4.69, 9.17) is 5.11 Å². The highest BCUT2D eigenvalue weighted by Crippen LogP contribution is 2.24. The van der Waals surface area contributed by atoms with E-state index in [2.05, 4.69) is 10.3 Å². The third-order valence-corrected chi connectivity index (χ3v) is 2.74. The number of nitrogens with zero attached hydrogens (tertiary/aromatic N) is 1. The lowest BCUT2D eigenvalue weighted by molar-refractivity contribution is 0.0696. The maximum Gasteiger partial charge on any atom is 0.337 e. The van der Waals surface area contributed by atoms with E-state index in [9.17, 15) is 4.79 Å². The molecule has 2 rings (SSSR count). The molecule has 4 nitrogen and oxygen atoms in total. The number of rotatable bonds is 3. The number of aromatic carboxylic acids is 1. The van der Waals surface area contributed by atoms with E-state index in [0.29, 0.717) is 5.69 Å². The fourth-order valence-corrected chi connectivity index (χ4v) is 1.78. The second-order valence-corrected chi connectivity index (χ2v) is 4.16. The van der Waals surface area contributed by atoms with Gasteiger partial charge in [0.15, 0.2) is 0 Å². The number of pyridine rings is 1. The summed E-state index contributed by atoms with van der Waals surface area (Å²) in [6.07, 6.45) is 2.94. The summed E-state index contributed by atoms with van der Waals surface area (Å²) in [6, 6.07) is 7.57. The standard InChI is InChI=1S/C14H14N2O2/c1-9-4-3-5-10(2)13(9)16-12-6-11(14(17)18)7-15-8-12/h3-8,16H,1-2H3,(H,17,18). The Kier molecular flexibility index (Phi) is 3.28. The Balaban J connectivity index is 2.34. The second kappa shape index (κ2) is 4.87. The first kappa shape index (κ1) is 12.1. The molecule has 0 saturated carbocycles. The van der Waals surface area contributed by atoms with Crippen molar-refractivity contribution in [3.63, 3.8) is 0 Å². The Hall–Kier alpha value is -2.36. The van der Waals surface area contributed by atoms with E-state index in [1.54, 1.807) is 12.3 Å². The fourth-order valence-electron chi connectivity index (χ4n) is 1.78. The van der Waals surface area contributed by atoms with Crippen molar-refractivity contribution in [3.05, 3.63) is 53.3 Å². The van der Waals surface area contributed by atoms with Crippen molar-refractivity contribution in [2.45, 2.75) is 13.8 Å². The highest BCUT2D eigenvalue weighted by molar-refractivity contribution is 5.88. The number of hydrogen-bond donors (Lipinski definition) is 2. The van der Waals surface area contributed by atoms with Gasteiger partial charge in [0.25, 0.3) is 0 Å². The second-order valence-electron chi connectivity index (χ2n) is 4.16. The predicted octanol–water partition coefficient (Wildman–Crippen LogP) is 3.14. The van der Waals surface area contributed by atoms with Gasteiger partial charge in [-0.05, 0) is 31.0 Å². The summed E-state index contributed by atoms with van der Waals surface area (Å²) in [7, 11) is 0. The lowest BCUT2D eigenvalue weighted by atomic mass is 10.1. The van der Waals surface area contributed by atoms with Crippen molar-refractivity contribution in [2.24, 2.45) is 0 Å². The van der Waals surface area contributed by atoms with E-state index in [1.165, 1.54) is 6.20 Å². The van der Waals surface area contributed by atoms with Crippen LogP contribution >= 0.6 is 0 Å². The van der Waals surface area contributed by atoms with Crippen molar-refractivity contribution in [3.8, 4) is 0 Å². The molecule has 0 atom stereocenters. The Morgan fingerprint density at radius 3 is 2.50 bits per heavy atom. The average molecular weight is 242 g/mol. The highest BCUT2D eigenvalue weighted by atomic mass is 16.4. The molecule has 2 aromatic rings. The van der Waals surface area contributed by atoms with Gasteiger partial charge in [-0.1, -0.05) is 18.2 Å². The van der Waals surface area contributed by atoms with Gasteiger partial charge in [0.1, 0.15) is 0 Å². The summed E-state index contributed by atoms with van der Waals surface area (Å²) in [5.41, 5.74) is 4.05. The lowest BCUT2D eigenvalue weighted by Gasteiger charge is -2.12. The first-order valence-electron chi connectivity index (χ1n) is 5.59. The van der Waals surface area contributed by atoms with E-state index < -0.39 is 5.97 Å². The van der Waals surface area contributed by atoms with Crippen LogP contribution in [0.15, 0.2) is 36.7 Å². The molecule has 1 heterocycles. The van der Waals surface area contributed by atoms with Crippen LogP contribution in [-0.4, -0.2) is 16.1 Å². The number of carbonyl (C=O) groups is 1. The number of hydrogen-bond acceptors (Lipinski definition) is 3. The van der Waals surface area contributed by atoms with Crippen LogP contribution in [0.3, 0.4) is 0 Å². The number of benzene rings is 1. The summed E-state index contributed by atoms with van der Waals surface area (Å²) in [5.74, 6) is -0.979. The SMILES string of the molecule is Cc1cccc(C)c1Nc1cncc(C(=O)O)c1. The summed E-state index contributed by atoms with van der Waals surface area (Å²) in [5, 5.41) is 12.1. The molecule has 18 heavy (non-hydrogen) atoms. The molecule has 0 saturated heterocycles. The summed E-state index contributed by atoms with van der Waals surface area (Å²) < 4.78 is 0. The molecule has 0 aliphatic carbocycles. The first-order chi connectivity index (χ1) is 8.58. The molecular weight excluding hydrogens is 228 g/mol. The molecule has 0 amide bonds. The largest absolute Gasteiger partial charge is 0.478 e. The molecule has 0 aliphatic heterocycles. The molecule has 0 aliphatic rings. The Morgan fingerprint density at radius 1 is 1.22 bits per heavy atom. The maximum atomic E-state index is 10.9. The minimum atomic E-state index is -0.979. The molecule has 1 aromatic carbocycles. The summed E-state index contributed by atoms with van der Waals surface area (Å²) in [4.78, 5) is 14.8. The van der Waals surface area contributed by atoms with Gasteiger partial charge < -0.3 is 10.4 Å². The minimum Gasteiger partial charge on any atom is -0.478 e. The van der Waals surface area contributed by atoms with Crippen molar-refractivity contribution < 1.29 is 9.90 Å². The Bertz CT molecular complexity index is 574.